The summed E-state index contributed by atoms with van der Waals surface area (Å²) < 4.78 is 39.5. The molecule has 1 heterocycles. The van der Waals surface area contributed by atoms with Crippen LogP contribution < -0.4 is 9.46 Å². The number of carbonyl (C=O) groups is 1. The number of fused-ring (bicyclic) bond motifs is 1. The third kappa shape index (κ3) is 5.09. The zero-order chi connectivity index (χ0) is 26.1. The molecule has 4 aromatic rings. The SMILES string of the molecule is CCOC(=O)c1[nH]c2ccc(NS(=O)(=O)c3ccc(C(C)(C)C)cc3)cc2c1-c1cccc(OC)c1. The minimum Gasteiger partial charge on any atom is -0.497 e. The van der Waals surface area contributed by atoms with Gasteiger partial charge in [-0.05, 0) is 65.9 Å². The van der Waals surface area contributed by atoms with Crippen LogP contribution in [0.25, 0.3) is 22.0 Å². The number of H-pyrrole nitrogens is 1. The third-order valence-corrected chi connectivity index (χ3v) is 7.32. The molecule has 0 aliphatic carbocycles. The summed E-state index contributed by atoms with van der Waals surface area (Å²) in [5.74, 6) is 0.139. The van der Waals surface area contributed by atoms with Crippen LogP contribution in [0.4, 0.5) is 5.69 Å². The van der Waals surface area contributed by atoms with Crippen molar-refractivity contribution in [3.8, 4) is 16.9 Å². The first-order valence-corrected chi connectivity index (χ1v) is 13.1. The maximum Gasteiger partial charge on any atom is 0.355 e. The van der Waals surface area contributed by atoms with E-state index in [4.69, 9.17) is 9.47 Å². The van der Waals surface area contributed by atoms with Crippen LogP contribution in [0.2, 0.25) is 0 Å². The van der Waals surface area contributed by atoms with Crippen LogP contribution in [0.15, 0.2) is 71.6 Å². The number of benzene rings is 3. The van der Waals surface area contributed by atoms with Gasteiger partial charge in [0.05, 0.1) is 18.6 Å². The minimum absolute atomic E-state index is 0.0812. The number of sulfonamides is 1. The third-order valence-electron chi connectivity index (χ3n) is 5.92. The Labute approximate surface area is 211 Å². The molecule has 0 unspecified atom stereocenters. The van der Waals surface area contributed by atoms with E-state index in [-0.39, 0.29) is 22.6 Å². The largest absolute Gasteiger partial charge is 0.497 e. The predicted molar refractivity (Wildman–Crippen MR) is 142 cm³/mol. The molecule has 0 fully saturated rings. The maximum absolute atomic E-state index is 13.1. The molecule has 0 aliphatic rings. The number of rotatable bonds is 7. The Morgan fingerprint density at radius 3 is 2.36 bits per heavy atom. The minimum atomic E-state index is -3.82. The lowest BCUT2D eigenvalue weighted by molar-refractivity contribution is 0.0521. The lowest BCUT2D eigenvalue weighted by Gasteiger charge is -2.19. The highest BCUT2D eigenvalue weighted by Gasteiger charge is 2.22. The number of hydrogen-bond acceptors (Lipinski definition) is 5. The molecule has 0 spiro atoms. The van der Waals surface area contributed by atoms with Crippen molar-refractivity contribution in [2.24, 2.45) is 0 Å². The van der Waals surface area contributed by atoms with Gasteiger partial charge < -0.3 is 14.5 Å². The van der Waals surface area contributed by atoms with Crippen LogP contribution in [0.1, 0.15) is 43.7 Å². The molecule has 8 heteroatoms. The summed E-state index contributed by atoms with van der Waals surface area (Å²) in [7, 11) is -2.25. The van der Waals surface area contributed by atoms with Crippen LogP contribution in [-0.4, -0.2) is 33.1 Å². The van der Waals surface area contributed by atoms with Crippen molar-refractivity contribution in [3.63, 3.8) is 0 Å². The van der Waals surface area contributed by atoms with Gasteiger partial charge in [-0.1, -0.05) is 45.0 Å². The molecule has 3 aromatic carbocycles. The van der Waals surface area contributed by atoms with E-state index in [1.807, 2.05) is 36.4 Å². The second-order valence-corrected chi connectivity index (χ2v) is 11.2. The molecule has 7 nitrogen and oxygen atoms in total. The summed E-state index contributed by atoms with van der Waals surface area (Å²) >= 11 is 0. The number of methoxy groups -OCH3 is 1. The topological polar surface area (TPSA) is 97.5 Å². The molecule has 188 valence electrons. The Morgan fingerprint density at radius 1 is 1.00 bits per heavy atom. The molecule has 4 rings (SSSR count). The maximum atomic E-state index is 13.1. The smallest absolute Gasteiger partial charge is 0.355 e. The number of esters is 1. The van der Waals surface area contributed by atoms with E-state index in [1.54, 1.807) is 44.4 Å². The van der Waals surface area contributed by atoms with E-state index in [2.05, 4.69) is 30.5 Å². The highest BCUT2D eigenvalue weighted by molar-refractivity contribution is 7.92. The number of aromatic amines is 1. The normalized spacial score (nSPS) is 11.9. The van der Waals surface area contributed by atoms with Gasteiger partial charge in [0, 0.05) is 22.2 Å². The number of hydrogen-bond donors (Lipinski definition) is 2. The molecule has 0 saturated heterocycles. The fraction of sp³-hybridized carbons (Fsp3) is 0.250. The molecule has 0 aliphatic heterocycles. The van der Waals surface area contributed by atoms with Gasteiger partial charge in [-0.2, -0.15) is 0 Å². The molecule has 0 radical (unpaired) electrons. The second kappa shape index (κ2) is 9.70. The summed E-state index contributed by atoms with van der Waals surface area (Å²) in [4.78, 5) is 16.1. The van der Waals surface area contributed by atoms with Gasteiger partial charge in [0.2, 0.25) is 0 Å². The van der Waals surface area contributed by atoms with Gasteiger partial charge in [0.15, 0.2) is 0 Å². The molecule has 0 bridgehead atoms. The summed E-state index contributed by atoms with van der Waals surface area (Å²) in [5, 5.41) is 0.676. The first kappa shape index (κ1) is 25.3. The Balaban J connectivity index is 1.78. The molecular formula is C28H30N2O5S. The van der Waals surface area contributed by atoms with Crippen molar-refractivity contribution < 1.29 is 22.7 Å². The quantitative estimate of drug-likeness (QED) is 0.294. The average Bonchev–Trinajstić information content (AvgIpc) is 3.22. The summed E-state index contributed by atoms with van der Waals surface area (Å²) in [6.45, 7) is 8.19. The summed E-state index contributed by atoms with van der Waals surface area (Å²) in [5.41, 5.74) is 3.65. The second-order valence-electron chi connectivity index (χ2n) is 9.47. The zero-order valence-corrected chi connectivity index (χ0v) is 21.8. The van der Waals surface area contributed by atoms with Crippen molar-refractivity contribution in [1.82, 2.24) is 4.98 Å². The molecular weight excluding hydrogens is 476 g/mol. The van der Waals surface area contributed by atoms with E-state index in [0.717, 1.165) is 11.1 Å². The van der Waals surface area contributed by atoms with Crippen LogP contribution in [0.3, 0.4) is 0 Å². The van der Waals surface area contributed by atoms with Gasteiger partial charge in [0.1, 0.15) is 11.4 Å². The van der Waals surface area contributed by atoms with Crippen molar-refractivity contribution in [2.75, 3.05) is 18.4 Å². The Kier molecular flexibility index (Phi) is 6.82. The molecule has 0 amide bonds. The first-order chi connectivity index (χ1) is 17.0. The van der Waals surface area contributed by atoms with Crippen molar-refractivity contribution in [2.45, 2.75) is 38.0 Å². The van der Waals surface area contributed by atoms with E-state index in [0.29, 0.717) is 27.9 Å². The van der Waals surface area contributed by atoms with E-state index < -0.39 is 16.0 Å². The highest BCUT2D eigenvalue weighted by Crippen LogP contribution is 2.36. The van der Waals surface area contributed by atoms with Crippen LogP contribution in [0, 0.1) is 0 Å². The van der Waals surface area contributed by atoms with E-state index in [1.165, 1.54) is 0 Å². The number of anilines is 1. The highest BCUT2D eigenvalue weighted by atomic mass is 32.2. The fourth-order valence-electron chi connectivity index (χ4n) is 4.04. The van der Waals surface area contributed by atoms with Crippen molar-refractivity contribution >= 4 is 32.6 Å². The molecule has 1 aromatic heterocycles. The molecule has 2 N–H and O–H groups in total. The van der Waals surface area contributed by atoms with Gasteiger partial charge in [0.25, 0.3) is 10.0 Å². The standard InChI is InChI=1S/C28H30N2O5S/c1-6-35-27(31)26-25(18-8-7-9-21(16-18)34-5)23-17-20(12-15-24(23)29-26)30-36(32,33)22-13-10-19(11-14-22)28(2,3)4/h7-17,29-30H,6H2,1-5H3. The number of carbonyl (C=O) groups excluding carboxylic acids is 1. The summed E-state index contributed by atoms with van der Waals surface area (Å²) in [6.07, 6.45) is 0. The van der Waals surface area contributed by atoms with Gasteiger partial charge in [-0.25, -0.2) is 13.2 Å². The lowest BCUT2D eigenvalue weighted by Crippen LogP contribution is -2.14. The van der Waals surface area contributed by atoms with Crippen molar-refractivity contribution in [1.29, 1.82) is 0 Å². The van der Waals surface area contributed by atoms with E-state index >= 15 is 0 Å². The lowest BCUT2D eigenvalue weighted by atomic mass is 9.87. The van der Waals surface area contributed by atoms with Crippen LogP contribution in [0.5, 0.6) is 5.75 Å². The monoisotopic (exact) mass is 506 g/mol. The van der Waals surface area contributed by atoms with E-state index in [9.17, 15) is 13.2 Å². The fourth-order valence-corrected chi connectivity index (χ4v) is 5.09. The van der Waals surface area contributed by atoms with Gasteiger partial charge in [-0.15, -0.1) is 0 Å². The average molecular weight is 507 g/mol. The number of ether oxygens (including phenoxy) is 2. The van der Waals surface area contributed by atoms with Crippen LogP contribution in [-0.2, 0) is 20.2 Å². The van der Waals surface area contributed by atoms with Gasteiger partial charge >= 0.3 is 5.97 Å². The van der Waals surface area contributed by atoms with Gasteiger partial charge in [-0.3, -0.25) is 4.72 Å². The summed E-state index contributed by atoms with van der Waals surface area (Å²) in [6, 6.07) is 19.3. The molecule has 36 heavy (non-hydrogen) atoms. The number of nitrogens with one attached hydrogen (secondary N) is 2. The van der Waals surface area contributed by atoms with Crippen LogP contribution >= 0.6 is 0 Å². The predicted octanol–water partition coefficient (Wildman–Crippen LogP) is 6.12. The Hall–Kier alpha value is -3.78. The first-order valence-electron chi connectivity index (χ1n) is 11.6. The Bertz CT molecular complexity index is 1510. The molecule has 0 saturated carbocycles. The number of aromatic nitrogens is 1. The molecule has 0 atom stereocenters. The zero-order valence-electron chi connectivity index (χ0n) is 21.0. The van der Waals surface area contributed by atoms with Crippen molar-refractivity contribution in [3.05, 3.63) is 78.0 Å². The Morgan fingerprint density at radius 2 is 1.72 bits per heavy atom.